The largest absolute Gasteiger partial charge is 0.459 e. The topological polar surface area (TPSA) is 93.8 Å². The summed E-state index contributed by atoms with van der Waals surface area (Å²) in [5, 5.41) is 14.7. The molecular formula is C16H19N3O4S. The van der Waals surface area contributed by atoms with Crippen LogP contribution in [0, 0.1) is 10.1 Å². The number of aliphatic imine (C=N–C) groups is 1. The lowest BCUT2D eigenvalue weighted by molar-refractivity contribution is -0.384. The highest BCUT2D eigenvalue weighted by Gasteiger charge is 2.31. The van der Waals surface area contributed by atoms with Crippen LogP contribution in [0.3, 0.4) is 0 Å². The standard InChI is InChI=1S/C16H19N3O4S/c1-9(2)23-15(20)13-10(3)17-16(24-4)18-14(13)11-6-5-7-12(8-11)19(21)22/h5-9,14H,1-4H3,(H,17,18). The molecule has 8 heteroatoms. The number of carbonyl (C=O) groups is 1. The predicted molar refractivity (Wildman–Crippen MR) is 93.9 cm³/mol. The number of ether oxygens (including phenoxy) is 1. The van der Waals surface area contributed by atoms with Gasteiger partial charge in [0.05, 0.1) is 16.6 Å². The van der Waals surface area contributed by atoms with Gasteiger partial charge in [0, 0.05) is 17.8 Å². The van der Waals surface area contributed by atoms with E-state index in [1.54, 1.807) is 32.9 Å². The van der Waals surface area contributed by atoms with Crippen LogP contribution in [0.25, 0.3) is 0 Å². The fourth-order valence-electron chi connectivity index (χ4n) is 2.34. The number of thioether (sulfide) groups is 1. The fraction of sp³-hybridized carbons (Fsp3) is 0.375. The van der Waals surface area contributed by atoms with Gasteiger partial charge in [0.25, 0.3) is 5.69 Å². The van der Waals surface area contributed by atoms with Gasteiger partial charge in [-0.3, -0.25) is 10.1 Å². The minimum absolute atomic E-state index is 0.0406. The summed E-state index contributed by atoms with van der Waals surface area (Å²) < 4.78 is 5.31. The van der Waals surface area contributed by atoms with E-state index in [1.165, 1.54) is 23.9 Å². The molecule has 1 aromatic rings. The zero-order valence-corrected chi connectivity index (χ0v) is 14.7. The van der Waals surface area contributed by atoms with Gasteiger partial charge in [-0.25, -0.2) is 9.79 Å². The first-order chi connectivity index (χ1) is 11.3. The molecule has 1 aromatic carbocycles. The smallest absolute Gasteiger partial charge is 0.338 e. The SMILES string of the molecule is CSC1=NC(c2cccc([N+](=O)[O-])c2)C(C(=O)OC(C)C)=C(C)N1. The highest BCUT2D eigenvalue weighted by Crippen LogP contribution is 2.34. The van der Waals surface area contributed by atoms with Crippen LogP contribution in [0.1, 0.15) is 32.4 Å². The van der Waals surface area contributed by atoms with Crippen molar-refractivity contribution in [2.45, 2.75) is 32.9 Å². The molecule has 1 aliphatic rings. The van der Waals surface area contributed by atoms with Crippen molar-refractivity contribution >= 4 is 28.6 Å². The molecular weight excluding hydrogens is 330 g/mol. The van der Waals surface area contributed by atoms with E-state index >= 15 is 0 Å². The van der Waals surface area contributed by atoms with E-state index in [0.717, 1.165) is 0 Å². The lowest BCUT2D eigenvalue weighted by Gasteiger charge is -2.25. The molecule has 1 aliphatic heterocycles. The van der Waals surface area contributed by atoms with Gasteiger partial charge in [-0.05, 0) is 32.6 Å². The second-order valence-electron chi connectivity index (χ2n) is 5.51. The number of allylic oxidation sites excluding steroid dienone is 1. The highest BCUT2D eigenvalue weighted by molar-refractivity contribution is 8.13. The molecule has 128 valence electrons. The molecule has 0 saturated heterocycles. The molecule has 0 radical (unpaired) electrons. The summed E-state index contributed by atoms with van der Waals surface area (Å²) in [7, 11) is 0. The molecule has 0 saturated carbocycles. The monoisotopic (exact) mass is 349 g/mol. The van der Waals surface area contributed by atoms with Crippen LogP contribution in [0.4, 0.5) is 5.69 Å². The van der Waals surface area contributed by atoms with E-state index in [1.807, 2.05) is 6.26 Å². The molecule has 1 atom stereocenters. The first kappa shape index (κ1) is 18.0. The highest BCUT2D eigenvalue weighted by atomic mass is 32.2. The van der Waals surface area contributed by atoms with Crippen LogP contribution in [-0.4, -0.2) is 28.4 Å². The van der Waals surface area contributed by atoms with E-state index in [4.69, 9.17) is 4.74 Å². The van der Waals surface area contributed by atoms with Gasteiger partial charge >= 0.3 is 5.97 Å². The van der Waals surface area contributed by atoms with Gasteiger partial charge in [-0.1, -0.05) is 23.9 Å². The van der Waals surface area contributed by atoms with Gasteiger partial charge in [0.2, 0.25) is 0 Å². The van der Waals surface area contributed by atoms with Gasteiger partial charge in [-0.2, -0.15) is 0 Å². The normalized spacial score (nSPS) is 17.4. The Hall–Kier alpha value is -2.35. The van der Waals surface area contributed by atoms with Gasteiger partial charge < -0.3 is 10.1 Å². The van der Waals surface area contributed by atoms with Crippen molar-refractivity contribution in [3.05, 3.63) is 51.2 Å². The number of nitrogens with one attached hydrogen (secondary N) is 1. The summed E-state index contributed by atoms with van der Waals surface area (Å²) in [6, 6.07) is 5.52. The van der Waals surface area contributed by atoms with E-state index in [0.29, 0.717) is 22.0 Å². The quantitative estimate of drug-likeness (QED) is 0.510. The Morgan fingerprint density at radius 2 is 2.17 bits per heavy atom. The first-order valence-electron chi connectivity index (χ1n) is 7.38. The summed E-state index contributed by atoms with van der Waals surface area (Å²) in [5.41, 5.74) is 1.53. The maximum absolute atomic E-state index is 12.5. The molecule has 0 bridgehead atoms. The van der Waals surface area contributed by atoms with Crippen molar-refractivity contribution in [1.82, 2.24) is 5.32 Å². The molecule has 0 aliphatic carbocycles. The molecule has 1 heterocycles. The third kappa shape index (κ3) is 3.94. The number of esters is 1. The second-order valence-corrected chi connectivity index (χ2v) is 6.31. The van der Waals surface area contributed by atoms with Crippen LogP contribution in [-0.2, 0) is 9.53 Å². The first-order valence-corrected chi connectivity index (χ1v) is 8.61. The summed E-state index contributed by atoms with van der Waals surface area (Å²) in [4.78, 5) is 27.6. The molecule has 0 aromatic heterocycles. The average molecular weight is 349 g/mol. The molecule has 2 rings (SSSR count). The molecule has 0 fully saturated rings. The van der Waals surface area contributed by atoms with E-state index < -0.39 is 16.9 Å². The van der Waals surface area contributed by atoms with Crippen LogP contribution < -0.4 is 5.32 Å². The number of hydrogen-bond acceptors (Lipinski definition) is 7. The summed E-state index contributed by atoms with van der Waals surface area (Å²) >= 11 is 1.40. The van der Waals surface area contributed by atoms with Crippen molar-refractivity contribution in [2.24, 2.45) is 4.99 Å². The van der Waals surface area contributed by atoms with Crippen molar-refractivity contribution < 1.29 is 14.5 Å². The minimum Gasteiger partial charge on any atom is -0.459 e. The number of rotatable bonds is 4. The Morgan fingerprint density at radius 1 is 1.46 bits per heavy atom. The van der Waals surface area contributed by atoms with Crippen LogP contribution >= 0.6 is 11.8 Å². The third-order valence-corrected chi connectivity index (χ3v) is 3.97. The number of hydrogen-bond donors (Lipinski definition) is 1. The average Bonchev–Trinajstić information content (AvgIpc) is 2.53. The Bertz CT molecular complexity index is 728. The lowest BCUT2D eigenvalue weighted by atomic mass is 9.96. The van der Waals surface area contributed by atoms with Crippen molar-refractivity contribution in [2.75, 3.05) is 6.26 Å². The van der Waals surface area contributed by atoms with Crippen LogP contribution in [0.5, 0.6) is 0 Å². The lowest BCUT2D eigenvalue weighted by Crippen LogP contribution is -2.31. The molecule has 7 nitrogen and oxygen atoms in total. The number of nitro benzene ring substituents is 1. The van der Waals surface area contributed by atoms with Crippen molar-refractivity contribution in [3.8, 4) is 0 Å². The Kier molecular flexibility index (Phi) is 5.61. The summed E-state index contributed by atoms with van der Waals surface area (Å²) in [5.74, 6) is -0.476. The van der Waals surface area contributed by atoms with Gasteiger partial charge in [-0.15, -0.1) is 0 Å². The maximum Gasteiger partial charge on any atom is 0.338 e. The van der Waals surface area contributed by atoms with Gasteiger partial charge in [0.15, 0.2) is 5.17 Å². The number of carbonyl (C=O) groups excluding carboxylic acids is 1. The Morgan fingerprint density at radius 3 is 2.75 bits per heavy atom. The Balaban J connectivity index is 2.50. The zero-order chi connectivity index (χ0) is 17.9. The number of nitro groups is 1. The molecule has 1 unspecified atom stereocenters. The Labute approximate surface area is 144 Å². The fourth-order valence-corrected chi connectivity index (χ4v) is 2.81. The summed E-state index contributed by atoms with van der Waals surface area (Å²) in [6.07, 6.45) is 1.59. The number of nitrogens with zero attached hydrogens (tertiary/aromatic N) is 2. The van der Waals surface area contributed by atoms with Crippen LogP contribution in [0.15, 0.2) is 40.5 Å². The number of benzene rings is 1. The van der Waals surface area contributed by atoms with Crippen LogP contribution in [0.2, 0.25) is 0 Å². The third-order valence-electron chi connectivity index (χ3n) is 3.37. The van der Waals surface area contributed by atoms with Crippen molar-refractivity contribution in [1.29, 1.82) is 0 Å². The van der Waals surface area contributed by atoms with E-state index in [2.05, 4.69) is 10.3 Å². The van der Waals surface area contributed by atoms with Gasteiger partial charge in [0.1, 0.15) is 6.04 Å². The predicted octanol–water partition coefficient (Wildman–Crippen LogP) is 3.18. The number of amidine groups is 1. The molecule has 0 spiro atoms. The second kappa shape index (κ2) is 7.48. The maximum atomic E-state index is 12.5. The summed E-state index contributed by atoms with van der Waals surface area (Å²) in [6.45, 7) is 5.30. The molecule has 24 heavy (non-hydrogen) atoms. The van der Waals surface area contributed by atoms with E-state index in [-0.39, 0.29) is 11.8 Å². The minimum atomic E-state index is -0.639. The molecule has 1 N–H and O–H groups in total. The number of non-ortho nitro benzene ring substituents is 1. The van der Waals surface area contributed by atoms with E-state index in [9.17, 15) is 14.9 Å². The van der Waals surface area contributed by atoms with Crippen molar-refractivity contribution in [3.63, 3.8) is 0 Å². The zero-order valence-electron chi connectivity index (χ0n) is 13.9. The molecule has 0 amide bonds.